The summed E-state index contributed by atoms with van der Waals surface area (Å²) in [4.78, 5) is 25.3. The molecule has 2 heterocycles. The van der Waals surface area contributed by atoms with Crippen molar-refractivity contribution in [2.75, 3.05) is 0 Å². The Kier molecular flexibility index (Phi) is 3.46. The lowest BCUT2D eigenvalue weighted by atomic mass is 10.0. The number of nitrogens with zero attached hydrogens (tertiary/aromatic N) is 4. The highest BCUT2D eigenvalue weighted by Crippen LogP contribution is 2.24. The maximum Gasteiger partial charge on any atom is 0.261 e. The second-order valence-corrected chi connectivity index (χ2v) is 5.47. The van der Waals surface area contributed by atoms with Crippen LogP contribution in [0.15, 0.2) is 35.6 Å². The van der Waals surface area contributed by atoms with Gasteiger partial charge in [0.15, 0.2) is 0 Å². The topological polar surface area (TPSA) is 86.7 Å². The van der Waals surface area contributed by atoms with Gasteiger partial charge in [-0.15, -0.1) is 0 Å². The molecular weight excluding hydrogens is 278 g/mol. The molecule has 3 rings (SSSR count). The molecule has 0 radical (unpaired) electrons. The summed E-state index contributed by atoms with van der Waals surface area (Å²) >= 11 is 0. The number of fused-ring (bicyclic) bond motifs is 1. The lowest BCUT2D eigenvalue weighted by Crippen LogP contribution is -2.22. The zero-order chi connectivity index (χ0) is 15.9. The van der Waals surface area contributed by atoms with Gasteiger partial charge in [0.25, 0.3) is 5.56 Å². The van der Waals surface area contributed by atoms with Gasteiger partial charge in [-0.05, 0) is 31.0 Å². The molecule has 0 unspecified atom stereocenters. The van der Waals surface area contributed by atoms with E-state index in [-0.39, 0.29) is 11.6 Å². The van der Waals surface area contributed by atoms with Gasteiger partial charge in [0.05, 0.1) is 16.5 Å². The highest BCUT2D eigenvalue weighted by molar-refractivity contribution is 5.84. The summed E-state index contributed by atoms with van der Waals surface area (Å²) in [6.07, 6.45) is 4.72. The highest BCUT2D eigenvalue weighted by atomic mass is 16.1. The molecule has 0 bridgehead atoms. The van der Waals surface area contributed by atoms with Crippen molar-refractivity contribution in [1.82, 2.24) is 19.5 Å². The van der Waals surface area contributed by atoms with Crippen molar-refractivity contribution in [3.63, 3.8) is 0 Å². The molecule has 0 aliphatic rings. The van der Waals surface area contributed by atoms with Gasteiger partial charge < -0.3 is 5.73 Å². The van der Waals surface area contributed by atoms with Crippen molar-refractivity contribution in [3.05, 3.63) is 52.3 Å². The fraction of sp³-hybridized carbons (Fsp3) is 0.250. The van der Waals surface area contributed by atoms with Crippen LogP contribution in [0.3, 0.4) is 0 Å². The van der Waals surface area contributed by atoms with Crippen LogP contribution in [0, 0.1) is 6.92 Å². The van der Waals surface area contributed by atoms with Gasteiger partial charge >= 0.3 is 0 Å². The van der Waals surface area contributed by atoms with Crippen LogP contribution in [0.1, 0.15) is 24.1 Å². The van der Waals surface area contributed by atoms with E-state index in [0.717, 1.165) is 11.1 Å². The Bertz CT molecular complexity index is 900. The molecular formula is C16H17N5O. The minimum Gasteiger partial charge on any atom is -0.324 e. The average molecular weight is 295 g/mol. The number of nitrogens with two attached hydrogens (primary N) is 1. The van der Waals surface area contributed by atoms with E-state index < -0.39 is 0 Å². The SMILES string of the molecule is Cc1cc([C@@H](C)N)c2nc(-c3cncnc3)n(C)c(=O)c2c1. The molecule has 6 heteroatoms. The Morgan fingerprint density at radius 3 is 2.55 bits per heavy atom. The third-order valence-electron chi connectivity index (χ3n) is 3.66. The van der Waals surface area contributed by atoms with E-state index >= 15 is 0 Å². The lowest BCUT2D eigenvalue weighted by Gasteiger charge is -2.14. The summed E-state index contributed by atoms with van der Waals surface area (Å²) in [5, 5.41) is 0.579. The molecule has 112 valence electrons. The van der Waals surface area contributed by atoms with Gasteiger partial charge in [-0.3, -0.25) is 9.36 Å². The average Bonchev–Trinajstić information content (AvgIpc) is 2.51. The van der Waals surface area contributed by atoms with Crippen molar-refractivity contribution in [2.45, 2.75) is 19.9 Å². The normalized spacial score (nSPS) is 12.5. The highest BCUT2D eigenvalue weighted by Gasteiger charge is 2.15. The van der Waals surface area contributed by atoms with E-state index in [2.05, 4.69) is 15.0 Å². The van der Waals surface area contributed by atoms with E-state index in [1.54, 1.807) is 19.4 Å². The Labute approximate surface area is 127 Å². The lowest BCUT2D eigenvalue weighted by molar-refractivity contribution is 0.813. The quantitative estimate of drug-likeness (QED) is 0.778. The maximum atomic E-state index is 12.7. The molecule has 0 fully saturated rings. The molecule has 0 saturated carbocycles. The zero-order valence-electron chi connectivity index (χ0n) is 12.7. The summed E-state index contributed by atoms with van der Waals surface area (Å²) in [5.41, 5.74) is 9.15. The molecule has 6 nitrogen and oxygen atoms in total. The second kappa shape index (κ2) is 5.31. The zero-order valence-corrected chi connectivity index (χ0v) is 12.7. The Morgan fingerprint density at radius 2 is 1.91 bits per heavy atom. The molecule has 0 aliphatic heterocycles. The van der Waals surface area contributed by atoms with Gasteiger partial charge in [-0.2, -0.15) is 0 Å². The van der Waals surface area contributed by atoms with Gasteiger partial charge in [-0.25, -0.2) is 15.0 Å². The van der Waals surface area contributed by atoms with Crippen molar-refractivity contribution >= 4 is 10.9 Å². The van der Waals surface area contributed by atoms with E-state index in [1.807, 2.05) is 26.0 Å². The minimum atomic E-state index is -0.207. The number of aryl methyl sites for hydroxylation is 1. The molecule has 0 spiro atoms. The molecule has 22 heavy (non-hydrogen) atoms. The number of benzene rings is 1. The minimum absolute atomic E-state index is 0.102. The fourth-order valence-electron chi connectivity index (χ4n) is 2.57. The Balaban J connectivity index is 2.43. The third-order valence-corrected chi connectivity index (χ3v) is 3.66. The van der Waals surface area contributed by atoms with Crippen LogP contribution in [0.25, 0.3) is 22.3 Å². The molecule has 0 aliphatic carbocycles. The number of hydrogen-bond donors (Lipinski definition) is 1. The van der Waals surface area contributed by atoms with E-state index in [0.29, 0.717) is 22.3 Å². The van der Waals surface area contributed by atoms with Crippen molar-refractivity contribution in [1.29, 1.82) is 0 Å². The summed E-state index contributed by atoms with van der Waals surface area (Å²) < 4.78 is 1.52. The number of aromatic nitrogens is 4. The maximum absolute atomic E-state index is 12.7. The van der Waals surface area contributed by atoms with Crippen LogP contribution in [0.5, 0.6) is 0 Å². The predicted molar refractivity (Wildman–Crippen MR) is 85.3 cm³/mol. The van der Waals surface area contributed by atoms with Crippen molar-refractivity contribution in [3.8, 4) is 11.4 Å². The second-order valence-electron chi connectivity index (χ2n) is 5.47. The molecule has 2 N–H and O–H groups in total. The number of rotatable bonds is 2. The summed E-state index contributed by atoms with van der Waals surface area (Å²) in [6, 6.07) is 3.62. The van der Waals surface area contributed by atoms with Crippen LogP contribution in [-0.4, -0.2) is 19.5 Å². The Hall–Kier alpha value is -2.60. The smallest absolute Gasteiger partial charge is 0.261 e. The van der Waals surface area contributed by atoms with Gasteiger partial charge in [-0.1, -0.05) is 6.07 Å². The van der Waals surface area contributed by atoms with Crippen LogP contribution in [0.4, 0.5) is 0 Å². The first-order chi connectivity index (χ1) is 10.5. The fourth-order valence-corrected chi connectivity index (χ4v) is 2.57. The third kappa shape index (κ3) is 2.27. The molecule has 0 amide bonds. The monoisotopic (exact) mass is 295 g/mol. The van der Waals surface area contributed by atoms with Crippen molar-refractivity contribution in [2.24, 2.45) is 12.8 Å². The van der Waals surface area contributed by atoms with Gasteiger partial charge in [0.2, 0.25) is 0 Å². The van der Waals surface area contributed by atoms with Crippen LogP contribution >= 0.6 is 0 Å². The largest absolute Gasteiger partial charge is 0.324 e. The standard InChI is InChI=1S/C16H17N5O/c1-9-4-12(10(2)17)14-13(5-9)16(22)21(3)15(20-14)11-6-18-8-19-7-11/h4-8,10H,17H2,1-3H3/t10-/m1/s1. The van der Waals surface area contributed by atoms with Gasteiger partial charge in [0.1, 0.15) is 12.2 Å². The first-order valence-corrected chi connectivity index (χ1v) is 7.01. The predicted octanol–water partition coefficient (Wildman–Crippen LogP) is 1.72. The molecule has 3 aromatic rings. The first kappa shape index (κ1) is 14.3. The molecule has 1 aromatic carbocycles. The first-order valence-electron chi connectivity index (χ1n) is 7.01. The molecule has 2 aromatic heterocycles. The summed E-state index contributed by atoms with van der Waals surface area (Å²) in [5.74, 6) is 0.531. The van der Waals surface area contributed by atoms with E-state index in [9.17, 15) is 4.79 Å². The molecule has 1 atom stereocenters. The van der Waals surface area contributed by atoms with E-state index in [4.69, 9.17) is 5.73 Å². The molecule has 0 saturated heterocycles. The van der Waals surface area contributed by atoms with Crippen molar-refractivity contribution < 1.29 is 0 Å². The van der Waals surface area contributed by atoms with Crippen LogP contribution in [0.2, 0.25) is 0 Å². The van der Waals surface area contributed by atoms with Crippen LogP contribution < -0.4 is 11.3 Å². The summed E-state index contributed by atoms with van der Waals surface area (Å²) in [7, 11) is 1.70. The number of hydrogen-bond acceptors (Lipinski definition) is 5. The van der Waals surface area contributed by atoms with Gasteiger partial charge in [0, 0.05) is 25.5 Å². The Morgan fingerprint density at radius 1 is 1.23 bits per heavy atom. The van der Waals surface area contributed by atoms with E-state index in [1.165, 1.54) is 10.9 Å². The van der Waals surface area contributed by atoms with Crippen LogP contribution in [-0.2, 0) is 7.05 Å². The summed E-state index contributed by atoms with van der Waals surface area (Å²) in [6.45, 7) is 3.84.